The number of rotatable bonds is 4. The number of aromatic nitrogens is 8. The molecule has 32 heavy (non-hydrogen) atoms. The van der Waals surface area contributed by atoms with Gasteiger partial charge in [-0.2, -0.15) is 20.2 Å². The fraction of sp³-hybridized carbons (Fsp3) is 0.450. The third-order valence-corrected chi connectivity index (χ3v) is 5.59. The van der Waals surface area contributed by atoms with Gasteiger partial charge in [0.25, 0.3) is 5.95 Å². The molecule has 1 aliphatic heterocycles. The second kappa shape index (κ2) is 7.45. The van der Waals surface area contributed by atoms with Crippen molar-refractivity contribution < 1.29 is 20.1 Å². The number of ether oxygens (including phenoxy) is 1. The predicted octanol–water partition coefficient (Wildman–Crippen LogP) is 0.0429. The minimum atomic E-state index is -1.27. The molecule has 1 unspecified atom stereocenters. The molecule has 1 saturated heterocycles. The van der Waals surface area contributed by atoms with Gasteiger partial charge < -0.3 is 20.1 Å². The molecule has 1 fully saturated rings. The van der Waals surface area contributed by atoms with Crippen LogP contribution in [0.3, 0.4) is 0 Å². The van der Waals surface area contributed by atoms with Crippen molar-refractivity contribution in [2.75, 3.05) is 6.61 Å². The molecule has 0 saturated carbocycles. The summed E-state index contributed by atoms with van der Waals surface area (Å²) in [4.78, 5) is 13.9. The highest BCUT2D eigenvalue weighted by atomic mass is 16.6. The summed E-state index contributed by atoms with van der Waals surface area (Å²) in [6, 6.07) is 3.85. The normalized spacial score (nSPS) is 23.5. The standard InChI is InChI=1S/C20H24N8O4/c1-9-5-11(3)27(24-9)18-14-17(22-20(23-18)28-12(4)6-10(2)25-28)26(8-21-14)19-16(31)15(30)13(7-29)32-19/h5-6,8,13,15-16,19,29-31H,7H2,1-4H3/t13-,15-,16-,19?/m1/s1. The van der Waals surface area contributed by atoms with Crippen molar-refractivity contribution in [1.29, 1.82) is 0 Å². The number of nitrogens with zero attached hydrogens (tertiary/aromatic N) is 8. The first kappa shape index (κ1) is 20.7. The van der Waals surface area contributed by atoms with E-state index >= 15 is 0 Å². The summed E-state index contributed by atoms with van der Waals surface area (Å²) >= 11 is 0. The topological polar surface area (TPSA) is 149 Å². The first-order valence-electron chi connectivity index (χ1n) is 10.2. The number of aryl methyl sites for hydroxylation is 4. The molecule has 0 spiro atoms. The van der Waals surface area contributed by atoms with Crippen LogP contribution in [0, 0.1) is 27.7 Å². The van der Waals surface area contributed by atoms with Gasteiger partial charge in [-0.15, -0.1) is 0 Å². The van der Waals surface area contributed by atoms with Crippen molar-refractivity contribution in [1.82, 2.24) is 39.1 Å². The molecule has 0 aliphatic carbocycles. The Morgan fingerprint density at radius 2 is 1.59 bits per heavy atom. The SMILES string of the molecule is Cc1cc(C)n(-c2nc(-n3nc(C)cc3C)c3ncn(C4O[C@H](CO)[C@@H](O)[C@H]4O)c3n2)n1. The van der Waals surface area contributed by atoms with E-state index in [1.165, 1.54) is 10.9 Å². The minimum Gasteiger partial charge on any atom is -0.394 e. The van der Waals surface area contributed by atoms with Gasteiger partial charge in [-0.3, -0.25) is 4.57 Å². The Morgan fingerprint density at radius 3 is 2.16 bits per heavy atom. The van der Waals surface area contributed by atoms with Crippen LogP contribution in [-0.4, -0.2) is 79.3 Å². The zero-order valence-electron chi connectivity index (χ0n) is 18.1. The molecule has 12 heteroatoms. The highest BCUT2D eigenvalue weighted by Gasteiger charge is 2.44. The molecule has 168 valence electrons. The van der Waals surface area contributed by atoms with Gasteiger partial charge in [-0.1, -0.05) is 0 Å². The van der Waals surface area contributed by atoms with Crippen molar-refractivity contribution in [3.63, 3.8) is 0 Å². The molecular formula is C20H24N8O4. The smallest absolute Gasteiger partial charge is 0.254 e. The molecule has 0 amide bonds. The van der Waals surface area contributed by atoms with E-state index in [1.54, 1.807) is 9.36 Å². The molecule has 4 aromatic rings. The summed E-state index contributed by atoms with van der Waals surface area (Å²) in [6.45, 7) is 7.17. The predicted molar refractivity (Wildman–Crippen MR) is 112 cm³/mol. The number of imidazole rings is 1. The summed E-state index contributed by atoms with van der Waals surface area (Å²) in [5, 5.41) is 39.3. The maximum atomic E-state index is 10.5. The molecule has 0 bridgehead atoms. The van der Waals surface area contributed by atoms with E-state index < -0.39 is 31.1 Å². The summed E-state index contributed by atoms with van der Waals surface area (Å²) in [5.74, 6) is 0.757. The van der Waals surface area contributed by atoms with Crippen LogP contribution in [0.1, 0.15) is 29.0 Å². The quantitative estimate of drug-likeness (QED) is 0.400. The van der Waals surface area contributed by atoms with Crippen LogP contribution in [0.15, 0.2) is 18.5 Å². The largest absolute Gasteiger partial charge is 0.394 e. The fourth-order valence-electron chi connectivity index (χ4n) is 4.10. The van der Waals surface area contributed by atoms with Crippen molar-refractivity contribution >= 4 is 11.2 Å². The molecule has 1 aliphatic rings. The van der Waals surface area contributed by atoms with Crippen LogP contribution < -0.4 is 0 Å². The second-order valence-corrected chi connectivity index (χ2v) is 8.08. The zero-order valence-corrected chi connectivity index (χ0v) is 18.1. The Morgan fingerprint density at radius 1 is 0.938 bits per heavy atom. The van der Waals surface area contributed by atoms with Gasteiger partial charge in [-0.25, -0.2) is 14.3 Å². The van der Waals surface area contributed by atoms with Gasteiger partial charge in [0.05, 0.1) is 24.3 Å². The van der Waals surface area contributed by atoms with E-state index in [-0.39, 0.29) is 0 Å². The molecule has 3 N–H and O–H groups in total. The van der Waals surface area contributed by atoms with Gasteiger partial charge in [0.1, 0.15) is 18.3 Å². The Balaban J connectivity index is 1.75. The second-order valence-electron chi connectivity index (χ2n) is 8.08. The van der Waals surface area contributed by atoms with Gasteiger partial charge >= 0.3 is 0 Å². The van der Waals surface area contributed by atoms with Crippen molar-refractivity contribution in [2.24, 2.45) is 0 Å². The molecule has 0 radical (unpaired) electrons. The average Bonchev–Trinajstić information content (AvgIpc) is 3.48. The van der Waals surface area contributed by atoms with Crippen molar-refractivity contribution in [3.8, 4) is 11.8 Å². The first-order valence-corrected chi connectivity index (χ1v) is 10.2. The fourth-order valence-corrected chi connectivity index (χ4v) is 4.10. The summed E-state index contributed by atoms with van der Waals surface area (Å²) in [5.41, 5.74) is 4.17. The summed E-state index contributed by atoms with van der Waals surface area (Å²) in [6.07, 6.45) is -2.94. The Kier molecular flexibility index (Phi) is 4.82. The van der Waals surface area contributed by atoms with E-state index in [2.05, 4.69) is 20.2 Å². The van der Waals surface area contributed by atoms with Crippen LogP contribution in [0.5, 0.6) is 0 Å². The molecule has 4 aromatic heterocycles. The van der Waals surface area contributed by atoms with Crippen LogP contribution in [0.2, 0.25) is 0 Å². The number of hydrogen-bond acceptors (Lipinski definition) is 9. The van der Waals surface area contributed by atoms with Gasteiger partial charge in [0, 0.05) is 11.4 Å². The molecule has 4 atom stereocenters. The van der Waals surface area contributed by atoms with Crippen molar-refractivity contribution in [3.05, 3.63) is 41.2 Å². The maximum absolute atomic E-state index is 10.5. The van der Waals surface area contributed by atoms with E-state index in [4.69, 9.17) is 9.72 Å². The maximum Gasteiger partial charge on any atom is 0.254 e. The van der Waals surface area contributed by atoms with Crippen LogP contribution in [0.4, 0.5) is 0 Å². The summed E-state index contributed by atoms with van der Waals surface area (Å²) < 4.78 is 10.5. The van der Waals surface area contributed by atoms with Crippen molar-refractivity contribution in [2.45, 2.75) is 52.2 Å². The molecule has 12 nitrogen and oxygen atoms in total. The van der Waals surface area contributed by atoms with E-state index in [9.17, 15) is 15.3 Å². The van der Waals surface area contributed by atoms with Gasteiger partial charge in [0.2, 0.25) is 0 Å². The number of aliphatic hydroxyl groups is 3. The third kappa shape index (κ3) is 3.11. The minimum absolute atomic E-state index is 0.305. The molecule has 0 aromatic carbocycles. The monoisotopic (exact) mass is 440 g/mol. The Hall–Kier alpha value is -3.19. The Bertz CT molecular complexity index is 1310. The first-order chi connectivity index (χ1) is 15.3. The lowest BCUT2D eigenvalue weighted by atomic mass is 10.1. The third-order valence-electron chi connectivity index (χ3n) is 5.59. The number of fused-ring (bicyclic) bond motifs is 1. The van der Waals surface area contributed by atoms with E-state index in [0.717, 1.165) is 22.8 Å². The van der Waals surface area contributed by atoms with Gasteiger partial charge in [0.15, 0.2) is 23.2 Å². The zero-order chi connectivity index (χ0) is 22.7. The molecule has 5 rings (SSSR count). The van der Waals surface area contributed by atoms with Crippen LogP contribution in [-0.2, 0) is 4.74 Å². The Labute approximate surface area is 182 Å². The lowest BCUT2D eigenvalue weighted by Crippen LogP contribution is -2.33. The van der Waals surface area contributed by atoms with Crippen LogP contribution >= 0.6 is 0 Å². The summed E-state index contributed by atoms with van der Waals surface area (Å²) in [7, 11) is 0. The number of aliphatic hydroxyl groups excluding tert-OH is 3. The highest BCUT2D eigenvalue weighted by Crippen LogP contribution is 2.32. The molecule has 5 heterocycles. The lowest BCUT2D eigenvalue weighted by Gasteiger charge is -2.17. The van der Waals surface area contributed by atoms with E-state index in [1.807, 2.05) is 39.8 Å². The average molecular weight is 440 g/mol. The lowest BCUT2D eigenvalue weighted by molar-refractivity contribution is -0.0511. The van der Waals surface area contributed by atoms with Gasteiger partial charge in [-0.05, 0) is 39.8 Å². The molecular weight excluding hydrogens is 416 g/mol. The highest BCUT2D eigenvalue weighted by molar-refractivity contribution is 5.79. The number of hydrogen-bond donors (Lipinski definition) is 3. The van der Waals surface area contributed by atoms with E-state index in [0.29, 0.717) is 22.9 Å². The van der Waals surface area contributed by atoms with Crippen LogP contribution in [0.25, 0.3) is 22.9 Å².